The zero-order chi connectivity index (χ0) is 19.9. The number of halogens is 1. The number of likely N-dealkylation sites (tertiary alicyclic amines) is 2. The lowest BCUT2D eigenvalue weighted by Gasteiger charge is -2.32. The van der Waals surface area contributed by atoms with Crippen molar-refractivity contribution in [1.82, 2.24) is 20.4 Å². The van der Waals surface area contributed by atoms with Gasteiger partial charge < -0.3 is 25.5 Å². The van der Waals surface area contributed by atoms with Crippen LogP contribution in [0.4, 0.5) is 9.18 Å². The molecule has 28 heavy (non-hydrogen) atoms. The summed E-state index contributed by atoms with van der Waals surface area (Å²) >= 11 is 0. The van der Waals surface area contributed by atoms with Gasteiger partial charge in [0, 0.05) is 45.3 Å². The second-order valence-corrected chi connectivity index (χ2v) is 7.52. The fourth-order valence-corrected chi connectivity index (χ4v) is 3.74. The van der Waals surface area contributed by atoms with Crippen molar-refractivity contribution in [2.24, 2.45) is 0 Å². The maximum Gasteiger partial charge on any atom is 0.315 e. The van der Waals surface area contributed by atoms with Gasteiger partial charge in [0.05, 0.1) is 11.7 Å². The maximum atomic E-state index is 13.8. The van der Waals surface area contributed by atoms with Crippen molar-refractivity contribution in [3.63, 3.8) is 0 Å². The SMILES string of the molecule is O=C(NCCN1CCC(O)CC1)NC1CCN(C(=O)c2ccccc2F)CC1. The minimum Gasteiger partial charge on any atom is -0.393 e. The molecule has 0 bridgehead atoms. The van der Waals surface area contributed by atoms with Crippen LogP contribution in [-0.2, 0) is 0 Å². The van der Waals surface area contributed by atoms with Gasteiger partial charge in [-0.05, 0) is 37.8 Å². The molecule has 1 aromatic rings. The summed E-state index contributed by atoms with van der Waals surface area (Å²) < 4.78 is 13.8. The Balaban J connectivity index is 1.34. The zero-order valence-electron chi connectivity index (χ0n) is 16.1. The smallest absolute Gasteiger partial charge is 0.315 e. The summed E-state index contributed by atoms with van der Waals surface area (Å²) in [6.07, 6.45) is 2.69. The van der Waals surface area contributed by atoms with Gasteiger partial charge in [0.15, 0.2) is 0 Å². The van der Waals surface area contributed by atoms with Gasteiger partial charge in [-0.2, -0.15) is 0 Å². The van der Waals surface area contributed by atoms with E-state index in [-0.39, 0.29) is 29.6 Å². The lowest BCUT2D eigenvalue weighted by atomic mass is 10.0. The molecule has 154 valence electrons. The third-order valence-electron chi connectivity index (χ3n) is 5.49. The largest absolute Gasteiger partial charge is 0.393 e. The highest BCUT2D eigenvalue weighted by atomic mass is 19.1. The molecule has 3 amide bonds. The van der Waals surface area contributed by atoms with E-state index in [9.17, 15) is 19.1 Å². The van der Waals surface area contributed by atoms with Gasteiger partial charge in [0.25, 0.3) is 5.91 Å². The van der Waals surface area contributed by atoms with Gasteiger partial charge in [-0.1, -0.05) is 12.1 Å². The summed E-state index contributed by atoms with van der Waals surface area (Å²) in [6.45, 7) is 4.04. The quantitative estimate of drug-likeness (QED) is 0.703. The van der Waals surface area contributed by atoms with E-state index < -0.39 is 5.82 Å². The Morgan fingerprint density at radius 2 is 1.75 bits per heavy atom. The van der Waals surface area contributed by atoms with Crippen LogP contribution >= 0.6 is 0 Å². The van der Waals surface area contributed by atoms with Crippen molar-refractivity contribution in [2.45, 2.75) is 37.8 Å². The highest BCUT2D eigenvalue weighted by molar-refractivity contribution is 5.94. The molecule has 8 heteroatoms. The summed E-state index contributed by atoms with van der Waals surface area (Å²) in [5.74, 6) is -0.803. The second kappa shape index (κ2) is 9.84. The minimum atomic E-state index is -0.504. The molecule has 0 unspecified atom stereocenters. The molecule has 7 nitrogen and oxygen atoms in total. The van der Waals surface area contributed by atoms with Crippen LogP contribution < -0.4 is 10.6 Å². The topological polar surface area (TPSA) is 84.9 Å². The Morgan fingerprint density at radius 3 is 2.43 bits per heavy atom. The van der Waals surface area contributed by atoms with Gasteiger partial charge >= 0.3 is 6.03 Å². The molecular weight excluding hydrogens is 363 g/mol. The van der Waals surface area contributed by atoms with Crippen LogP contribution in [0.1, 0.15) is 36.0 Å². The number of amides is 3. The fraction of sp³-hybridized carbons (Fsp3) is 0.600. The lowest BCUT2D eigenvalue weighted by Crippen LogP contribution is -2.50. The van der Waals surface area contributed by atoms with Crippen LogP contribution in [0.5, 0.6) is 0 Å². The number of rotatable bonds is 5. The Hall–Kier alpha value is -2.19. The molecule has 0 aliphatic carbocycles. The van der Waals surface area contributed by atoms with Crippen molar-refractivity contribution in [1.29, 1.82) is 0 Å². The maximum absolute atomic E-state index is 13.8. The van der Waals surface area contributed by atoms with Crippen molar-refractivity contribution < 1.29 is 19.1 Å². The molecule has 1 aromatic carbocycles. The molecule has 2 saturated heterocycles. The molecule has 0 spiro atoms. The third-order valence-corrected chi connectivity index (χ3v) is 5.49. The molecule has 3 N–H and O–H groups in total. The van der Waals surface area contributed by atoms with Crippen LogP contribution in [0, 0.1) is 5.82 Å². The zero-order valence-corrected chi connectivity index (χ0v) is 16.1. The molecule has 2 aliphatic rings. The van der Waals surface area contributed by atoms with E-state index >= 15 is 0 Å². The normalized spacial score (nSPS) is 19.4. The summed E-state index contributed by atoms with van der Waals surface area (Å²) in [7, 11) is 0. The number of hydrogen-bond donors (Lipinski definition) is 3. The molecule has 2 fully saturated rings. The standard InChI is InChI=1S/C20H29FN4O3/c21-18-4-2-1-3-17(18)19(27)25-12-5-15(6-13-25)23-20(28)22-9-14-24-10-7-16(26)8-11-24/h1-4,15-16,26H,5-14H2,(H2,22,23,28). The highest BCUT2D eigenvalue weighted by Gasteiger charge is 2.26. The molecule has 0 atom stereocenters. The minimum absolute atomic E-state index is 0.00908. The molecule has 0 saturated carbocycles. The van der Waals surface area contributed by atoms with Crippen LogP contribution in [0.25, 0.3) is 0 Å². The Bertz CT molecular complexity index is 671. The molecule has 3 rings (SSSR count). The summed E-state index contributed by atoms with van der Waals surface area (Å²) in [5, 5.41) is 15.3. The van der Waals surface area contributed by atoms with Gasteiger partial charge in [-0.15, -0.1) is 0 Å². The predicted octanol–water partition coefficient (Wildman–Crippen LogP) is 1.19. The van der Waals surface area contributed by atoms with Crippen molar-refractivity contribution in [2.75, 3.05) is 39.3 Å². The summed E-state index contributed by atoms with van der Waals surface area (Å²) in [5.41, 5.74) is 0.0943. The number of carbonyl (C=O) groups excluding carboxylic acids is 2. The molecule has 2 aliphatic heterocycles. The first-order valence-electron chi connectivity index (χ1n) is 10.0. The first-order chi connectivity index (χ1) is 13.5. The molecule has 0 aromatic heterocycles. The van der Waals surface area contributed by atoms with E-state index in [1.807, 2.05) is 0 Å². The first kappa shape index (κ1) is 20.5. The summed E-state index contributed by atoms with van der Waals surface area (Å²) in [6, 6.07) is 5.82. The number of hydrogen-bond acceptors (Lipinski definition) is 4. The molecule has 0 radical (unpaired) electrons. The van der Waals surface area contributed by atoms with E-state index in [4.69, 9.17) is 0 Å². The van der Waals surface area contributed by atoms with Gasteiger partial charge in [0.2, 0.25) is 0 Å². The average molecular weight is 392 g/mol. The Morgan fingerprint density at radius 1 is 1.07 bits per heavy atom. The monoisotopic (exact) mass is 392 g/mol. The number of aliphatic hydroxyl groups is 1. The fourth-order valence-electron chi connectivity index (χ4n) is 3.74. The van der Waals surface area contributed by atoms with Crippen LogP contribution in [0.15, 0.2) is 24.3 Å². The number of benzene rings is 1. The summed E-state index contributed by atoms with van der Waals surface area (Å²) in [4.78, 5) is 28.4. The van der Waals surface area contributed by atoms with Crippen molar-refractivity contribution in [3.05, 3.63) is 35.6 Å². The van der Waals surface area contributed by atoms with Crippen molar-refractivity contribution >= 4 is 11.9 Å². The van der Waals surface area contributed by atoms with Gasteiger partial charge in [-0.3, -0.25) is 4.79 Å². The van der Waals surface area contributed by atoms with Crippen LogP contribution in [0.3, 0.4) is 0 Å². The number of piperidine rings is 2. The van der Waals surface area contributed by atoms with Gasteiger partial charge in [-0.25, -0.2) is 9.18 Å². The number of urea groups is 1. The van der Waals surface area contributed by atoms with E-state index in [1.54, 1.807) is 17.0 Å². The lowest BCUT2D eigenvalue weighted by molar-refractivity contribution is 0.0703. The van der Waals surface area contributed by atoms with E-state index in [1.165, 1.54) is 12.1 Å². The van der Waals surface area contributed by atoms with Crippen LogP contribution in [0.2, 0.25) is 0 Å². The highest BCUT2D eigenvalue weighted by Crippen LogP contribution is 2.16. The van der Waals surface area contributed by atoms with E-state index in [0.29, 0.717) is 32.5 Å². The second-order valence-electron chi connectivity index (χ2n) is 7.52. The van der Waals surface area contributed by atoms with Gasteiger partial charge in [0.1, 0.15) is 5.82 Å². The number of aliphatic hydroxyl groups excluding tert-OH is 1. The Labute approximate surface area is 164 Å². The van der Waals surface area contributed by atoms with Crippen LogP contribution in [-0.4, -0.2) is 78.3 Å². The van der Waals surface area contributed by atoms with E-state index in [0.717, 1.165) is 32.5 Å². The number of nitrogens with one attached hydrogen (secondary N) is 2. The molecular formula is C20H29FN4O3. The predicted molar refractivity (Wildman–Crippen MR) is 104 cm³/mol. The average Bonchev–Trinajstić information content (AvgIpc) is 2.70. The molecule has 2 heterocycles. The van der Waals surface area contributed by atoms with Crippen molar-refractivity contribution in [3.8, 4) is 0 Å². The van der Waals surface area contributed by atoms with E-state index in [2.05, 4.69) is 15.5 Å². The number of nitrogens with zero attached hydrogens (tertiary/aromatic N) is 2. The third kappa shape index (κ3) is 5.65. The first-order valence-corrected chi connectivity index (χ1v) is 10.0. The number of carbonyl (C=O) groups is 2. The Kier molecular flexibility index (Phi) is 7.22.